The third-order valence-corrected chi connectivity index (χ3v) is 9.00. The van der Waals surface area contributed by atoms with E-state index in [1.807, 2.05) is 0 Å². The molecule has 1 heterocycles. The molecule has 0 amide bonds. The van der Waals surface area contributed by atoms with Crippen molar-refractivity contribution in [2.75, 3.05) is 6.61 Å². The van der Waals surface area contributed by atoms with Crippen LogP contribution >= 0.6 is 0 Å². The highest BCUT2D eigenvalue weighted by molar-refractivity contribution is 5.87. The number of ether oxygens (including phenoxy) is 2. The number of rotatable bonds is 2. The van der Waals surface area contributed by atoms with Gasteiger partial charge in [-0.3, -0.25) is 4.79 Å². The van der Waals surface area contributed by atoms with E-state index in [4.69, 9.17) is 9.47 Å². The molecule has 0 radical (unpaired) electrons. The van der Waals surface area contributed by atoms with E-state index in [1.54, 1.807) is 11.6 Å². The summed E-state index contributed by atoms with van der Waals surface area (Å²) in [5, 5.41) is 0. The molecule has 0 saturated heterocycles. The fourth-order valence-corrected chi connectivity index (χ4v) is 7.55. The van der Waals surface area contributed by atoms with Crippen LogP contribution in [0.1, 0.15) is 65.7 Å². The number of fused-ring (bicyclic) bond motifs is 5. The topological polar surface area (TPSA) is 52.6 Å². The van der Waals surface area contributed by atoms with Gasteiger partial charge in [0.05, 0.1) is 0 Å². The molecule has 0 bridgehead atoms. The number of hydrogen-bond acceptors (Lipinski definition) is 4. The predicted octanol–water partition coefficient (Wildman–Crippen LogP) is 4.90. The summed E-state index contributed by atoms with van der Waals surface area (Å²) >= 11 is 0. The molecule has 4 aliphatic carbocycles. The van der Waals surface area contributed by atoms with Crippen molar-refractivity contribution in [3.05, 3.63) is 34.9 Å². The number of carbonyl (C=O) groups is 2. The smallest absolute Gasteiger partial charge is 0.331 e. The summed E-state index contributed by atoms with van der Waals surface area (Å²) < 4.78 is 10.8. The summed E-state index contributed by atoms with van der Waals surface area (Å²) in [5.74, 6) is 1.65. The first-order chi connectivity index (χ1) is 13.8. The fraction of sp³-hybridized carbons (Fsp3) is 0.680. The van der Waals surface area contributed by atoms with Crippen LogP contribution in [0.4, 0.5) is 0 Å². The van der Waals surface area contributed by atoms with Crippen LogP contribution in [-0.4, -0.2) is 24.6 Å². The van der Waals surface area contributed by atoms with Crippen molar-refractivity contribution in [1.82, 2.24) is 0 Å². The first kappa shape index (κ1) is 19.1. The maximum absolute atomic E-state index is 11.6. The second-order valence-electron chi connectivity index (χ2n) is 10.3. The van der Waals surface area contributed by atoms with Gasteiger partial charge in [-0.15, -0.1) is 0 Å². The van der Waals surface area contributed by atoms with Gasteiger partial charge in [0.1, 0.15) is 12.7 Å². The largest absolute Gasteiger partial charge is 0.463 e. The van der Waals surface area contributed by atoms with E-state index in [1.165, 1.54) is 31.8 Å². The highest BCUT2D eigenvalue weighted by atomic mass is 16.5. The summed E-state index contributed by atoms with van der Waals surface area (Å²) in [6.07, 6.45) is 14.5. The Hall–Kier alpha value is -1.84. The molecule has 1 aliphatic heterocycles. The van der Waals surface area contributed by atoms with Crippen molar-refractivity contribution in [1.29, 1.82) is 0 Å². The van der Waals surface area contributed by atoms with Crippen LogP contribution in [0.25, 0.3) is 0 Å². The molecule has 0 aromatic rings. The van der Waals surface area contributed by atoms with E-state index in [2.05, 4.69) is 26.0 Å². The minimum absolute atomic E-state index is 0.0547. The van der Waals surface area contributed by atoms with Crippen molar-refractivity contribution in [3.8, 4) is 0 Å². The van der Waals surface area contributed by atoms with Crippen LogP contribution in [0.2, 0.25) is 0 Å². The maximum atomic E-state index is 11.6. The zero-order valence-corrected chi connectivity index (χ0v) is 17.8. The quantitative estimate of drug-likeness (QED) is 0.623. The number of allylic oxidation sites excluding steroid dienone is 3. The second-order valence-corrected chi connectivity index (χ2v) is 10.3. The van der Waals surface area contributed by atoms with Crippen molar-refractivity contribution in [2.45, 2.75) is 71.8 Å². The molecule has 0 aromatic carbocycles. The number of hydrogen-bond donors (Lipinski definition) is 0. The molecule has 0 aromatic heterocycles. The van der Waals surface area contributed by atoms with Crippen LogP contribution in [0, 0.1) is 28.6 Å². The Balaban J connectivity index is 1.37. The molecule has 0 unspecified atom stereocenters. The molecule has 5 rings (SSSR count). The van der Waals surface area contributed by atoms with Gasteiger partial charge in [0, 0.05) is 24.0 Å². The van der Waals surface area contributed by atoms with Gasteiger partial charge in [-0.2, -0.15) is 0 Å². The van der Waals surface area contributed by atoms with Crippen molar-refractivity contribution in [3.63, 3.8) is 0 Å². The lowest BCUT2D eigenvalue weighted by molar-refractivity contribution is -0.154. The van der Waals surface area contributed by atoms with Gasteiger partial charge in [-0.25, -0.2) is 4.79 Å². The van der Waals surface area contributed by atoms with Crippen LogP contribution < -0.4 is 0 Å². The zero-order chi connectivity index (χ0) is 20.4. The summed E-state index contributed by atoms with van der Waals surface area (Å²) in [4.78, 5) is 23.1. The first-order valence-electron chi connectivity index (χ1n) is 11.3. The lowest BCUT2D eigenvalue weighted by atomic mass is 9.46. The van der Waals surface area contributed by atoms with Crippen molar-refractivity contribution in [2.24, 2.45) is 28.6 Å². The Kier molecular flexibility index (Phi) is 4.34. The molecule has 3 fully saturated rings. The molecule has 0 spiro atoms. The summed E-state index contributed by atoms with van der Waals surface area (Å²) in [5.41, 5.74) is 4.37. The zero-order valence-electron chi connectivity index (χ0n) is 17.8. The number of carbonyl (C=O) groups excluding carboxylic acids is 2. The normalized spacial score (nSPS) is 43.3. The van der Waals surface area contributed by atoms with Crippen molar-refractivity contribution >= 4 is 11.9 Å². The van der Waals surface area contributed by atoms with Crippen LogP contribution in [-0.2, 0) is 19.1 Å². The summed E-state index contributed by atoms with van der Waals surface area (Å²) in [6.45, 7) is 6.84. The van der Waals surface area contributed by atoms with E-state index >= 15 is 0 Å². The molecule has 3 saturated carbocycles. The maximum Gasteiger partial charge on any atom is 0.331 e. The van der Waals surface area contributed by atoms with Gasteiger partial charge in [0.2, 0.25) is 0 Å². The van der Waals surface area contributed by atoms with Crippen LogP contribution in [0.3, 0.4) is 0 Å². The van der Waals surface area contributed by atoms with E-state index in [0.29, 0.717) is 29.8 Å². The van der Waals surface area contributed by atoms with Gasteiger partial charge in [0.25, 0.3) is 0 Å². The van der Waals surface area contributed by atoms with Crippen molar-refractivity contribution < 1.29 is 19.1 Å². The molecule has 4 nitrogen and oxygen atoms in total. The Labute approximate surface area is 173 Å². The average molecular weight is 397 g/mol. The Morgan fingerprint density at radius 1 is 1.14 bits per heavy atom. The lowest BCUT2D eigenvalue weighted by Crippen LogP contribution is -2.51. The predicted molar refractivity (Wildman–Crippen MR) is 110 cm³/mol. The molecule has 0 N–H and O–H groups in total. The van der Waals surface area contributed by atoms with Crippen LogP contribution in [0.5, 0.6) is 0 Å². The van der Waals surface area contributed by atoms with E-state index in [9.17, 15) is 9.59 Å². The van der Waals surface area contributed by atoms with Gasteiger partial charge in [-0.1, -0.05) is 31.6 Å². The minimum Gasteiger partial charge on any atom is -0.463 e. The average Bonchev–Trinajstić information content (AvgIpc) is 3.24. The molecule has 6 atom stereocenters. The van der Waals surface area contributed by atoms with Gasteiger partial charge < -0.3 is 9.47 Å². The molecule has 5 aliphatic rings. The third-order valence-electron chi connectivity index (χ3n) is 9.00. The summed E-state index contributed by atoms with van der Waals surface area (Å²) in [6, 6.07) is 0. The van der Waals surface area contributed by atoms with E-state index in [-0.39, 0.29) is 23.5 Å². The number of esters is 2. The Morgan fingerprint density at radius 2 is 1.97 bits per heavy atom. The first-order valence-corrected chi connectivity index (χ1v) is 11.3. The van der Waals surface area contributed by atoms with Gasteiger partial charge >= 0.3 is 11.9 Å². The molecule has 156 valence electrons. The monoisotopic (exact) mass is 396 g/mol. The minimum atomic E-state index is -0.204. The standard InChI is InChI=1S/C25H32O4/c1-15(26)29-18-8-10-24(2)17(13-18)4-5-19-21-7-6-20(16-12-23(27)28-14-16)25(21,3)11-9-22(19)24/h6-7,12,17-19,22H,4-5,8-11,13-14H2,1-3H3/t17-,18+,19+,22+,24+,25-/m1/s1. The molecule has 4 heteroatoms. The van der Waals surface area contributed by atoms with Crippen LogP contribution in [0.15, 0.2) is 34.9 Å². The Morgan fingerprint density at radius 3 is 2.69 bits per heavy atom. The number of cyclic esters (lactones) is 1. The lowest BCUT2D eigenvalue weighted by Gasteiger charge is -2.59. The van der Waals surface area contributed by atoms with Gasteiger partial charge in [-0.05, 0) is 73.7 Å². The SMILES string of the molecule is CC(=O)O[C@H]1CC[C@@]2(C)[C@H](CC[C@H]3C4=CC=C(C5=CC(=O)OC5)[C@@]4(C)CC[C@@H]32)C1. The summed E-state index contributed by atoms with van der Waals surface area (Å²) in [7, 11) is 0. The van der Waals surface area contributed by atoms with E-state index in [0.717, 1.165) is 31.3 Å². The highest BCUT2D eigenvalue weighted by Crippen LogP contribution is 2.65. The second kappa shape index (κ2) is 6.58. The van der Waals surface area contributed by atoms with Gasteiger partial charge in [0.15, 0.2) is 0 Å². The fourth-order valence-electron chi connectivity index (χ4n) is 7.55. The molecular weight excluding hydrogens is 364 g/mol. The molecular formula is C25H32O4. The Bertz CT molecular complexity index is 849. The molecule has 29 heavy (non-hydrogen) atoms. The third kappa shape index (κ3) is 2.85. The van der Waals surface area contributed by atoms with E-state index < -0.39 is 0 Å². The highest BCUT2D eigenvalue weighted by Gasteiger charge is 2.57.